The summed E-state index contributed by atoms with van der Waals surface area (Å²) in [5, 5.41) is 9.64. The lowest BCUT2D eigenvalue weighted by atomic mass is 9.95. The standard InChI is InChI=1S/C28H26N2O5S/c1-28(2)30(24(31)20-11-7-4-8-12-20)23-25(32)29(26(23)36-28)22(27(33)34)19-13-15-21(16-14-19)35-17-18-9-5-3-6-10-18/h3-16,22-23,26H,17H2,1-2H3,(H,33,34). The molecule has 3 aromatic rings. The summed E-state index contributed by atoms with van der Waals surface area (Å²) in [6.07, 6.45) is 0. The van der Waals surface area contributed by atoms with E-state index in [1.807, 2.05) is 50.2 Å². The van der Waals surface area contributed by atoms with E-state index in [1.165, 1.54) is 16.7 Å². The Morgan fingerprint density at radius 3 is 2.19 bits per heavy atom. The van der Waals surface area contributed by atoms with Crippen molar-refractivity contribution in [2.75, 3.05) is 0 Å². The van der Waals surface area contributed by atoms with Crippen molar-refractivity contribution in [3.05, 3.63) is 102 Å². The minimum atomic E-state index is -1.16. The summed E-state index contributed by atoms with van der Waals surface area (Å²) in [4.78, 5) is 41.3. The minimum Gasteiger partial charge on any atom is -0.489 e. The van der Waals surface area contributed by atoms with E-state index in [0.29, 0.717) is 23.5 Å². The molecule has 8 heteroatoms. The van der Waals surface area contributed by atoms with Crippen molar-refractivity contribution in [3.8, 4) is 5.75 Å². The molecule has 0 spiro atoms. The number of thioether (sulfide) groups is 1. The Balaban J connectivity index is 1.35. The number of benzene rings is 3. The van der Waals surface area contributed by atoms with Gasteiger partial charge in [-0.2, -0.15) is 0 Å². The molecule has 2 saturated heterocycles. The van der Waals surface area contributed by atoms with Gasteiger partial charge in [0.2, 0.25) is 5.91 Å². The fourth-order valence-corrected chi connectivity index (χ4v) is 6.40. The first-order chi connectivity index (χ1) is 17.3. The van der Waals surface area contributed by atoms with Gasteiger partial charge < -0.3 is 19.6 Å². The highest BCUT2D eigenvalue weighted by Gasteiger charge is 2.65. The van der Waals surface area contributed by atoms with Gasteiger partial charge in [0.1, 0.15) is 23.8 Å². The molecule has 2 amide bonds. The Morgan fingerprint density at radius 1 is 0.972 bits per heavy atom. The molecule has 0 bridgehead atoms. The summed E-state index contributed by atoms with van der Waals surface area (Å²) in [5.41, 5.74) is 2.00. The summed E-state index contributed by atoms with van der Waals surface area (Å²) >= 11 is 1.43. The van der Waals surface area contributed by atoms with E-state index >= 15 is 0 Å². The molecule has 2 aliphatic heterocycles. The molecule has 1 N–H and O–H groups in total. The fourth-order valence-electron chi connectivity index (χ4n) is 4.79. The molecule has 36 heavy (non-hydrogen) atoms. The third-order valence-electron chi connectivity index (χ3n) is 6.52. The Morgan fingerprint density at radius 2 is 1.58 bits per heavy atom. The van der Waals surface area contributed by atoms with Crippen LogP contribution in [0.15, 0.2) is 84.9 Å². The smallest absolute Gasteiger partial charge is 0.331 e. The average molecular weight is 503 g/mol. The zero-order valence-electron chi connectivity index (χ0n) is 19.9. The third kappa shape index (κ3) is 4.22. The predicted molar refractivity (Wildman–Crippen MR) is 136 cm³/mol. The van der Waals surface area contributed by atoms with E-state index in [-0.39, 0.29) is 11.8 Å². The molecule has 3 aromatic carbocycles. The molecule has 0 aromatic heterocycles. The van der Waals surface area contributed by atoms with E-state index in [9.17, 15) is 19.5 Å². The summed E-state index contributed by atoms with van der Waals surface area (Å²) in [7, 11) is 0. The van der Waals surface area contributed by atoms with Crippen LogP contribution in [0.5, 0.6) is 5.75 Å². The molecule has 0 radical (unpaired) electrons. The Bertz CT molecular complexity index is 1280. The largest absolute Gasteiger partial charge is 0.489 e. The summed E-state index contributed by atoms with van der Waals surface area (Å²) in [6, 6.07) is 23.5. The highest BCUT2D eigenvalue weighted by molar-refractivity contribution is 8.01. The van der Waals surface area contributed by atoms with E-state index in [1.54, 1.807) is 53.4 Å². The van der Waals surface area contributed by atoms with E-state index in [2.05, 4.69) is 0 Å². The second-order valence-corrected chi connectivity index (χ2v) is 11.0. The number of nitrogens with zero attached hydrogens (tertiary/aromatic N) is 2. The molecule has 2 aliphatic rings. The van der Waals surface area contributed by atoms with Gasteiger partial charge in [-0.15, -0.1) is 11.8 Å². The maximum absolute atomic E-state index is 13.4. The van der Waals surface area contributed by atoms with Crippen molar-refractivity contribution in [2.24, 2.45) is 0 Å². The first-order valence-corrected chi connectivity index (χ1v) is 12.5. The van der Waals surface area contributed by atoms with Gasteiger partial charge in [0, 0.05) is 5.56 Å². The van der Waals surface area contributed by atoms with Crippen molar-refractivity contribution in [2.45, 2.75) is 42.8 Å². The maximum Gasteiger partial charge on any atom is 0.331 e. The number of carboxylic acid groups (broad SMARTS) is 1. The summed E-state index contributed by atoms with van der Waals surface area (Å²) in [5.74, 6) is -1.11. The molecule has 0 aliphatic carbocycles. The molecule has 7 nitrogen and oxygen atoms in total. The number of fused-ring (bicyclic) bond motifs is 1. The first kappa shape index (κ1) is 23.9. The van der Waals surface area contributed by atoms with E-state index < -0.39 is 28.3 Å². The van der Waals surface area contributed by atoms with Gasteiger partial charge in [0.25, 0.3) is 5.91 Å². The molecule has 5 rings (SSSR count). The Kier molecular flexibility index (Phi) is 6.22. The first-order valence-electron chi connectivity index (χ1n) is 11.7. The quantitative estimate of drug-likeness (QED) is 0.477. The van der Waals surface area contributed by atoms with Crippen molar-refractivity contribution < 1.29 is 24.2 Å². The maximum atomic E-state index is 13.4. The average Bonchev–Trinajstić information content (AvgIpc) is 3.14. The van der Waals surface area contributed by atoms with Gasteiger partial charge in [0.15, 0.2) is 6.04 Å². The van der Waals surface area contributed by atoms with Crippen LogP contribution in [0.3, 0.4) is 0 Å². The third-order valence-corrected chi connectivity index (χ3v) is 8.01. The van der Waals surface area contributed by atoms with Crippen molar-refractivity contribution in [1.82, 2.24) is 9.80 Å². The van der Waals surface area contributed by atoms with Gasteiger partial charge in [-0.3, -0.25) is 9.59 Å². The topological polar surface area (TPSA) is 87.2 Å². The number of ether oxygens (including phenoxy) is 1. The number of likely N-dealkylation sites (tertiary alicyclic amines) is 1. The van der Waals surface area contributed by atoms with Gasteiger partial charge in [-0.1, -0.05) is 60.7 Å². The second-order valence-electron chi connectivity index (χ2n) is 9.27. The molecular weight excluding hydrogens is 476 g/mol. The number of carbonyl (C=O) groups is 3. The lowest BCUT2D eigenvalue weighted by Crippen LogP contribution is -2.68. The number of hydrogen-bond donors (Lipinski definition) is 1. The van der Waals surface area contributed by atoms with E-state index in [0.717, 1.165) is 5.56 Å². The predicted octanol–water partition coefficient (Wildman–Crippen LogP) is 4.55. The van der Waals surface area contributed by atoms with Crippen molar-refractivity contribution in [3.63, 3.8) is 0 Å². The van der Waals surface area contributed by atoms with Gasteiger partial charge in [-0.25, -0.2) is 4.79 Å². The molecule has 0 saturated carbocycles. The lowest BCUT2D eigenvalue weighted by Gasteiger charge is -2.47. The molecule has 3 unspecified atom stereocenters. The summed E-state index contributed by atoms with van der Waals surface area (Å²) < 4.78 is 5.81. The van der Waals surface area contributed by atoms with Crippen molar-refractivity contribution >= 4 is 29.5 Å². The van der Waals surface area contributed by atoms with Crippen LogP contribution in [0.1, 0.15) is 41.4 Å². The molecule has 184 valence electrons. The number of carboxylic acids is 1. The number of carbonyl (C=O) groups excluding carboxylic acids is 2. The fraction of sp³-hybridized carbons (Fsp3) is 0.250. The normalized spacial score (nSPS) is 20.9. The zero-order valence-corrected chi connectivity index (χ0v) is 20.7. The number of aliphatic carboxylic acids is 1. The number of β-lactam (4-membered cyclic amide) rings is 1. The van der Waals surface area contributed by atoms with Gasteiger partial charge >= 0.3 is 5.97 Å². The zero-order chi connectivity index (χ0) is 25.4. The molecule has 3 atom stereocenters. The summed E-state index contributed by atoms with van der Waals surface area (Å²) in [6.45, 7) is 4.17. The minimum absolute atomic E-state index is 0.236. The van der Waals surface area contributed by atoms with Crippen molar-refractivity contribution in [1.29, 1.82) is 0 Å². The second kappa shape index (κ2) is 9.35. The SMILES string of the molecule is CC1(C)SC2C(C(=O)N2C(C(=O)O)c2ccc(OCc3ccccc3)cc2)N1C(=O)c1ccccc1. The highest BCUT2D eigenvalue weighted by atomic mass is 32.2. The van der Waals surface area contributed by atoms with Gasteiger partial charge in [-0.05, 0) is 49.2 Å². The van der Waals surface area contributed by atoms with Gasteiger partial charge in [0.05, 0.1) is 4.87 Å². The van der Waals surface area contributed by atoms with Crippen LogP contribution >= 0.6 is 11.8 Å². The van der Waals surface area contributed by atoms with E-state index in [4.69, 9.17) is 4.74 Å². The number of hydrogen-bond acceptors (Lipinski definition) is 5. The van der Waals surface area contributed by atoms with Crippen LogP contribution in [-0.4, -0.2) is 49.0 Å². The monoisotopic (exact) mass is 502 g/mol. The van der Waals surface area contributed by atoms with Crippen LogP contribution in [0.2, 0.25) is 0 Å². The number of amides is 2. The lowest BCUT2D eigenvalue weighted by molar-refractivity contribution is -0.164. The van der Waals surface area contributed by atoms with Crippen LogP contribution in [0, 0.1) is 0 Å². The van der Waals surface area contributed by atoms with Crippen LogP contribution in [0.25, 0.3) is 0 Å². The van der Waals surface area contributed by atoms with Crippen LogP contribution in [-0.2, 0) is 16.2 Å². The highest BCUT2D eigenvalue weighted by Crippen LogP contribution is 2.54. The molecular formula is C28H26N2O5S. The molecule has 2 heterocycles. The van der Waals surface area contributed by atoms with Crippen LogP contribution in [0.4, 0.5) is 0 Å². The number of rotatable bonds is 7. The Hall–Kier alpha value is -3.78. The van der Waals surface area contributed by atoms with Crippen LogP contribution < -0.4 is 4.74 Å². The molecule has 2 fully saturated rings. The Labute approximate surface area is 213 Å².